The Balaban J connectivity index is 1.93. The van der Waals surface area contributed by atoms with Crippen LogP contribution in [0.5, 0.6) is 0 Å². The lowest BCUT2D eigenvalue weighted by molar-refractivity contribution is -0.184. The van der Waals surface area contributed by atoms with Crippen LogP contribution in [0, 0.1) is 11.5 Å². The van der Waals surface area contributed by atoms with Gasteiger partial charge in [0.2, 0.25) is 11.9 Å². The van der Waals surface area contributed by atoms with Gasteiger partial charge in [0, 0.05) is 6.92 Å². The zero-order valence-electron chi connectivity index (χ0n) is 19.7. The second-order valence-corrected chi connectivity index (χ2v) is 13.7. The topological polar surface area (TPSA) is 88.1 Å². The largest absolute Gasteiger partial charge is 0.458 e. The highest BCUT2D eigenvalue weighted by molar-refractivity contribution is 6.83. The fraction of sp³-hybridized carbons (Fsp3) is 0.346. The Kier molecular flexibility index (Phi) is 7.92. The van der Waals surface area contributed by atoms with Crippen molar-refractivity contribution in [3.05, 3.63) is 71.8 Å². The Morgan fingerprint density at radius 3 is 2.03 bits per heavy atom. The quantitative estimate of drug-likeness (QED) is 0.267. The minimum atomic E-state index is -1.91. The first-order valence-electron chi connectivity index (χ1n) is 11.0. The number of ether oxygens (including phenoxy) is 4. The van der Waals surface area contributed by atoms with Gasteiger partial charge in [-0.25, -0.2) is 9.59 Å². The molecular weight excluding hydrogens is 452 g/mol. The predicted molar refractivity (Wildman–Crippen MR) is 127 cm³/mol. The van der Waals surface area contributed by atoms with Gasteiger partial charge in [0.25, 0.3) is 0 Å². The lowest BCUT2D eigenvalue weighted by Crippen LogP contribution is -2.46. The van der Waals surface area contributed by atoms with E-state index in [0.717, 1.165) is 0 Å². The van der Waals surface area contributed by atoms with Crippen molar-refractivity contribution in [2.24, 2.45) is 0 Å². The second-order valence-electron chi connectivity index (χ2n) is 8.98. The van der Waals surface area contributed by atoms with Crippen LogP contribution in [-0.2, 0) is 23.7 Å². The van der Waals surface area contributed by atoms with Gasteiger partial charge in [0.05, 0.1) is 17.5 Å². The van der Waals surface area contributed by atoms with Crippen LogP contribution in [0.15, 0.2) is 60.7 Å². The Hall–Kier alpha value is -3.41. The highest BCUT2D eigenvalue weighted by atomic mass is 28.3. The summed E-state index contributed by atoms with van der Waals surface area (Å²) in [4.78, 5) is 37.1. The Morgan fingerprint density at radius 1 is 0.941 bits per heavy atom. The number of benzene rings is 2. The third-order valence-corrected chi connectivity index (χ3v) is 5.78. The molecule has 1 fully saturated rings. The van der Waals surface area contributed by atoms with Gasteiger partial charge in [0.1, 0.15) is 14.7 Å². The standard InChI is InChI=1S/C26H28O7Si/c1-19(27)31-23-17-22(32-25(29)21-13-9-6-10-14-21)26(33-23,15-16-34(2,3)4)18-30-24(28)20-11-7-5-8-12-20/h5-14,22-23H,17-18H2,1-4H3/t22-,23?,26+/m1/s1. The van der Waals surface area contributed by atoms with Crippen LogP contribution in [0.25, 0.3) is 0 Å². The average Bonchev–Trinajstić information content (AvgIpc) is 3.13. The molecule has 1 heterocycles. The molecule has 8 heteroatoms. The van der Waals surface area contributed by atoms with E-state index in [1.807, 2.05) is 19.6 Å². The first-order valence-corrected chi connectivity index (χ1v) is 14.5. The molecule has 1 unspecified atom stereocenters. The molecule has 34 heavy (non-hydrogen) atoms. The zero-order valence-corrected chi connectivity index (χ0v) is 20.7. The molecule has 0 N–H and O–H groups in total. The molecule has 0 bridgehead atoms. The lowest BCUT2D eigenvalue weighted by Gasteiger charge is -2.29. The lowest BCUT2D eigenvalue weighted by atomic mass is 9.98. The Morgan fingerprint density at radius 2 is 1.50 bits per heavy atom. The molecule has 3 rings (SSSR count). The van der Waals surface area contributed by atoms with E-state index in [4.69, 9.17) is 18.9 Å². The second kappa shape index (κ2) is 10.7. The van der Waals surface area contributed by atoms with Crippen molar-refractivity contribution in [3.63, 3.8) is 0 Å². The molecule has 0 radical (unpaired) electrons. The maximum atomic E-state index is 12.8. The molecule has 1 aliphatic rings. The molecule has 0 saturated carbocycles. The Bertz CT molecular complexity index is 1080. The molecule has 2 aromatic carbocycles. The van der Waals surface area contributed by atoms with Gasteiger partial charge >= 0.3 is 17.9 Å². The number of carbonyl (C=O) groups excluding carboxylic acids is 3. The van der Waals surface area contributed by atoms with E-state index >= 15 is 0 Å². The average molecular weight is 481 g/mol. The van der Waals surface area contributed by atoms with E-state index in [0.29, 0.717) is 11.1 Å². The number of rotatable bonds is 6. The van der Waals surface area contributed by atoms with Crippen LogP contribution >= 0.6 is 0 Å². The fourth-order valence-electron chi connectivity index (χ4n) is 3.29. The monoisotopic (exact) mass is 480 g/mol. The minimum absolute atomic E-state index is 0.0570. The number of esters is 3. The summed E-state index contributed by atoms with van der Waals surface area (Å²) in [7, 11) is -1.91. The highest BCUT2D eigenvalue weighted by Gasteiger charge is 2.53. The van der Waals surface area contributed by atoms with Gasteiger partial charge < -0.3 is 18.9 Å². The summed E-state index contributed by atoms with van der Waals surface area (Å²) in [5, 5.41) is 0. The summed E-state index contributed by atoms with van der Waals surface area (Å²) in [6.45, 7) is 7.10. The molecule has 1 aliphatic heterocycles. The van der Waals surface area contributed by atoms with Crippen LogP contribution in [0.1, 0.15) is 34.1 Å². The highest BCUT2D eigenvalue weighted by Crippen LogP contribution is 2.35. The minimum Gasteiger partial charge on any atom is -0.458 e. The van der Waals surface area contributed by atoms with Crippen molar-refractivity contribution >= 4 is 26.0 Å². The van der Waals surface area contributed by atoms with Crippen molar-refractivity contribution < 1.29 is 33.3 Å². The fourth-order valence-corrected chi connectivity index (χ4v) is 3.88. The van der Waals surface area contributed by atoms with E-state index in [1.54, 1.807) is 60.7 Å². The molecule has 0 aliphatic carbocycles. The predicted octanol–water partition coefficient (Wildman–Crippen LogP) is 4.00. The Labute approximate surface area is 200 Å². The molecule has 7 nitrogen and oxygen atoms in total. The number of hydrogen-bond donors (Lipinski definition) is 0. The molecule has 0 aromatic heterocycles. The molecule has 3 atom stereocenters. The van der Waals surface area contributed by atoms with E-state index < -0.39 is 44.0 Å². The summed E-state index contributed by atoms with van der Waals surface area (Å²) in [5.74, 6) is 1.40. The third kappa shape index (κ3) is 6.79. The van der Waals surface area contributed by atoms with Gasteiger partial charge in [-0.1, -0.05) is 62.0 Å². The van der Waals surface area contributed by atoms with Crippen LogP contribution in [-0.4, -0.2) is 50.6 Å². The van der Waals surface area contributed by atoms with Gasteiger partial charge in [-0.3, -0.25) is 4.79 Å². The summed E-state index contributed by atoms with van der Waals surface area (Å²) in [6, 6.07) is 17.0. The van der Waals surface area contributed by atoms with Crippen LogP contribution in [0.3, 0.4) is 0 Å². The summed E-state index contributed by atoms with van der Waals surface area (Å²) in [6.07, 6.45) is -1.88. The van der Waals surface area contributed by atoms with Crippen LogP contribution < -0.4 is 0 Å². The molecule has 178 valence electrons. The van der Waals surface area contributed by atoms with Gasteiger partial charge in [-0.05, 0) is 24.3 Å². The van der Waals surface area contributed by atoms with Crippen molar-refractivity contribution in [1.29, 1.82) is 0 Å². The van der Waals surface area contributed by atoms with E-state index in [9.17, 15) is 14.4 Å². The van der Waals surface area contributed by atoms with Crippen molar-refractivity contribution in [2.75, 3.05) is 6.61 Å². The SMILES string of the molecule is CC(=O)OC1C[C@@H](OC(=O)c2ccccc2)[C@](C#C[Si](C)(C)C)(COC(=O)c2ccccc2)O1. The number of hydrogen-bond acceptors (Lipinski definition) is 7. The van der Waals surface area contributed by atoms with Gasteiger partial charge in [-0.2, -0.15) is 0 Å². The molecule has 0 amide bonds. The number of carbonyl (C=O) groups is 3. The van der Waals surface area contributed by atoms with Crippen LogP contribution in [0.4, 0.5) is 0 Å². The molecule has 0 spiro atoms. The van der Waals surface area contributed by atoms with Crippen LogP contribution in [0.2, 0.25) is 19.6 Å². The van der Waals surface area contributed by atoms with E-state index in [2.05, 4.69) is 11.5 Å². The normalized spacial score (nSPS) is 21.6. The molecule has 1 saturated heterocycles. The first-order chi connectivity index (χ1) is 16.1. The summed E-state index contributed by atoms with van der Waals surface area (Å²) >= 11 is 0. The summed E-state index contributed by atoms with van der Waals surface area (Å²) in [5.41, 5.74) is 2.45. The van der Waals surface area contributed by atoms with Crippen molar-refractivity contribution in [3.8, 4) is 11.5 Å². The first kappa shape index (κ1) is 25.2. The maximum Gasteiger partial charge on any atom is 0.338 e. The van der Waals surface area contributed by atoms with Crippen molar-refractivity contribution in [2.45, 2.75) is 51.0 Å². The summed E-state index contributed by atoms with van der Waals surface area (Å²) < 4.78 is 22.7. The third-order valence-electron chi connectivity index (χ3n) is 4.90. The van der Waals surface area contributed by atoms with Gasteiger partial charge in [0.15, 0.2) is 6.10 Å². The van der Waals surface area contributed by atoms with Crippen molar-refractivity contribution in [1.82, 2.24) is 0 Å². The maximum absolute atomic E-state index is 12.8. The molecular formula is C26H28O7Si. The van der Waals surface area contributed by atoms with E-state index in [-0.39, 0.29) is 13.0 Å². The van der Waals surface area contributed by atoms with Gasteiger partial charge in [-0.15, -0.1) is 5.54 Å². The van der Waals surface area contributed by atoms with E-state index in [1.165, 1.54) is 6.92 Å². The smallest absolute Gasteiger partial charge is 0.338 e. The molecule has 2 aromatic rings. The zero-order chi connectivity index (χ0) is 24.8.